The second-order valence-corrected chi connectivity index (χ2v) is 7.99. The summed E-state index contributed by atoms with van der Waals surface area (Å²) in [6.45, 7) is 1.66. The van der Waals surface area contributed by atoms with Gasteiger partial charge in [-0.3, -0.25) is 9.78 Å². The Kier molecular flexibility index (Phi) is 4.08. The third kappa shape index (κ3) is 3.00. The van der Waals surface area contributed by atoms with E-state index in [1.165, 1.54) is 6.07 Å². The van der Waals surface area contributed by atoms with Gasteiger partial charge in [0, 0.05) is 24.3 Å². The van der Waals surface area contributed by atoms with Crippen LogP contribution in [0.5, 0.6) is 0 Å². The summed E-state index contributed by atoms with van der Waals surface area (Å²) in [7, 11) is -3.76. The first-order chi connectivity index (χ1) is 11.7. The highest BCUT2D eigenvalue weighted by molar-refractivity contribution is 7.90. The molecule has 1 aromatic carbocycles. The molecular weight excluding hydrogens is 344 g/mol. The van der Waals surface area contributed by atoms with E-state index in [0.717, 1.165) is 11.8 Å². The number of nitrogens with zero attached hydrogens (tertiary/aromatic N) is 2. The van der Waals surface area contributed by atoms with Gasteiger partial charge in [-0.15, -0.1) is 0 Å². The van der Waals surface area contributed by atoms with Gasteiger partial charge in [0.1, 0.15) is 0 Å². The van der Waals surface area contributed by atoms with E-state index in [1.54, 1.807) is 31.2 Å². The van der Waals surface area contributed by atoms with E-state index in [9.17, 15) is 23.1 Å². The van der Waals surface area contributed by atoms with E-state index >= 15 is 0 Å². The second-order valence-electron chi connectivity index (χ2n) is 6.00. The molecule has 25 heavy (non-hydrogen) atoms. The molecule has 2 amide bonds. The zero-order valence-electron chi connectivity index (χ0n) is 13.6. The fraction of sp³-hybridized carbons (Fsp3) is 0.235. The Hall–Kier alpha value is -2.74. The number of carbonyl (C=O) groups excluding carboxylic acids is 1. The van der Waals surface area contributed by atoms with Crippen molar-refractivity contribution in [1.82, 2.24) is 9.88 Å². The van der Waals surface area contributed by atoms with Crippen molar-refractivity contribution in [3.8, 4) is 11.3 Å². The SMILES string of the molecule is CC1CN(C(=O)O)C(=O)c2c(S(C)(=O)=O)cc(-c3ccccc3)nc21. The first-order valence-electron chi connectivity index (χ1n) is 7.55. The molecule has 130 valence electrons. The quantitative estimate of drug-likeness (QED) is 0.882. The Morgan fingerprint density at radius 1 is 1.28 bits per heavy atom. The van der Waals surface area contributed by atoms with Gasteiger partial charge in [-0.1, -0.05) is 37.3 Å². The Morgan fingerprint density at radius 3 is 2.48 bits per heavy atom. The first-order valence-corrected chi connectivity index (χ1v) is 9.44. The van der Waals surface area contributed by atoms with Crippen molar-refractivity contribution in [2.24, 2.45) is 0 Å². The van der Waals surface area contributed by atoms with Crippen LogP contribution >= 0.6 is 0 Å². The van der Waals surface area contributed by atoms with Crippen molar-refractivity contribution >= 4 is 21.8 Å². The average Bonchev–Trinajstić information content (AvgIpc) is 2.56. The molecule has 1 atom stereocenters. The van der Waals surface area contributed by atoms with Gasteiger partial charge in [-0.05, 0) is 6.07 Å². The number of carboxylic acid groups (broad SMARTS) is 1. The van der Waals surface area contributed by atoms with Crippen LogP contribution in [0, 0.1) is 0 Å². The molecule has 1 unspecified atom stereocenters. The van der Waals surface area contributed by atoms with E-state index in [0.29, 0.717) is 16.3 Å². The van der Waals surface area contributed by atoms with E-state index < -0.39 is 27.8 Å². The minimum atomic E-state index is -3.76. The van der Waals surface area contributed by atoms with Crippen LogP contribution < -0.4 is 0 Å². The number of aromatic nitrogens is 1. The monoisotopic (exact) mass is 360 g/mol. The maximum Gasteiger partial charge on any atom is 0.414 e. The predicted molar refractivity (Wildman–Crippen MR) is 90.3 cm³/mol. The number of rotatable bonds is 2. The van der Waals surface area contributed by atoms with Gasteiger partial charge < -0.3 is 5.11 Å². The van der Waals surface area contributed by atoms with E-state index in [1.807, 2.05) is 6.07 Å². The molecule has 0 fully saturated rings. The highest BCUT2D eigenvalue weighted by Crippen LogP contribution is 2.34. The summed E-state index contributed by atoms with van der Waals surface area (Å²) in [5.74, 6) is -1.26. The summed E-state index contributed by atoms with van der Waals surface area (Å²) in [6.07, 6.45) is -0.413. The fourth-order valence-corrected chi connectivity index (χ4v) is 3.79. The number of carbonyl (C=O) groups is 2. The third-order valence-corrected chi connectivity index (χ3v) is 5.21. The number of pyridine rings is 1. The summed E-state index contributed by atoms with van der Waals surface area (Å²) in [5.41, 5.74) is 1.31. The highest BCUT2D eigenvalue weighted by atomic mass is 32.2. The standard InChI is InChI=1S/C17H16N2O5S/c1-10-9-19(17(21)22)16(20)14-13(25(2,23)24)8-12(18-15(10)14)11-6-4-3-5-7-11/h3-8,10H,9H2,1-2H3,(H,21,22). The molecule has 0 radical (unpaired) electrons. The number of hydrogen-bond donors (Lipinski definition) is 1. The highest BCUT2D eigenvalue weighted by Gasteiger charge is 2.38. The molecule has 0 saturated carbocycles. The van der Waals surface area contributed by atoms with Crippen LogP contribution in [0.15, 0.2) is 41.3 Å². The summed E-state index contributed by atoms with van der Waals surface area (Å²) >= 11 is 0. The minimum absolute atomic E-state index is 0.0599. The molecule has 1 aliphatic rings. The topological polar surface area (TPSA) is 105 Å². The summed E-state index contributed by atoms with van der Waals surface area (Å²) in [6, 6.07) is 10.4. The van der Waals surface area contributed by atoms with Crippen LogP contribution in [0.25, 0.3) is 11.3 Å². The summed E-state index contributed by atoms with van der Waals surface area (Å²) in [5, 5.41) is 9.21. The molecule has 0 aliphatic carbocycles. The number of fused-ring (bicyclic) bond motifs is 1. The van der Waals surface area contributed by atoms with Crippen LogP contribution in [0.3, 0.4) is 0 Å². The third-order valence-electron chi connectivity index (χ3n) is 4.09. The van der Waals surface area contributed by atoms with Crippen molar-refractivity contribution in [2.75, 3.05) is 12.8 Å². The molecule has 3 rings (SSSR count). The Morgan fingerprint density at radius 2 is 1.92 bits per heavy atom. The smallest absolute Gasteiger partial charge is 0.414 e. The van der Waals surface area contributed by atoms with Crippen LogP contribution in [0.4, 0.5) is 4.79 Å². The van der Waals surface area contributed by atoms with Gasteiger partial charge in [0.2, 0.25) is 0 Å². The summed E-state index contributed by atoms with van der Waals surface area (Å²) < 4.78 is 24.5. The average molecular weight is 360 g/mol. The second kappa shape index (κ2) is 5.96. The minimum Gasteiger partial charge on any atom is -0.465 e. The van der Waals surface area contributed by atoms with Gasteiger partial charge in [-0.25, -0.2) is 18.1 Å². The van der Waals surface area contributed by atoms with Gasteiger partial charge in [0.15, 0.2) is 9.84 Å². The van der Waals surface area contributed by atoms with Gasteiger partial charge in [0.25, 0.3) is 5.91 Å². The van der Waals surface area contributed by atoms with Crippen molar-refractivity contribution in [3.05, 3.63) is 47.7 Å². The van der Waals surface area contributed by atoms with E-state index in [-0.39, 0.29) is 17.0 Å². The van der Waals surface area contributed by atoms with Crippen molar-refractivity contribution in [3.63, 3.8) is 0 Å². The van der Waals surface area contributed by atoms with E-state index in [4.69, 9.17) is 0 Å². The molecule has 7 nitrogen and oxygen atoms in total. The zero-order chi connectivity index (χ0) is 18.4. The van der Waals surface area contributed by atoms with Crippen molar-refractivity contribution in [1.29, 1.82) is 0 Å². The number of sulfone groups is 1. The largest absolute Gasteiger partial charge is 0.465 e. The molecule has 1 aliphatic heterocycles. The van der Waals surface area contributed by atoms with Crippen LogP contribution in [-0.4, -0.2) is 48.2 Å². The molecule has 2 heterocycles. The molecule has 0 spiro atoms. The number of benzene rings is 1. The fourth-order valence-electron chi connectivity index (χ4n) is 2.90. The Bertz CT molecular complexity index is 970. The zero-order valence-corrected chi connectivity index (χ0v) is 14.4. The molecule has 1 aromatic heterocycles. The molecule has 2 aromatic rings. The first kappa shape index (κ1) is 17.1. The maximum atomic E-state index is 12.6. The van der Waals surface area contributed by atoms with Crippen molar-refractivity contribution in [2.45, 2.75) is 17.7 Å². The van der Waals surface area contributed by atoms with Crippen molar-refractivity contribution < 1.29 is 23.1 Å². The molecule has 0 saturated heterocycles. The maximum absolute atomic E-state index is 12.6. The van der Waals surface area contributed by atoms with Crippen LogP contribution in [0.1, 0.15) is 28.9 Å². The number of hydrogen-bond acceptors (Lipinski definition) is 5. The predicted octanol–water partition coefficient (Wildman–Crippen LogP) is 2.39. The number of imide groups is 1. The lowest BCUT2D eigenvalue weighted by Crippen LogP contribution is -2.43. The lowest BCUT2D eigenvalue weighted by Gasteiger charge is -2.30. The normalized spacial score (nSPS) is 17.3. The van der Waals surface area contributed by atoms with Gasteiger partial charge in [-0.2, -0.15) is 0 Å². The number of amides is 2. The van der Waals surface area contributed by atoms with Gasteiger partial charge in [0.05, 0.1) is 21.8 Å². The lowest BCUT2D eigenvalue weighted by molar-refractivity contribution is 0.0705. The molecule has 0 bridgehead atoms. The Labute approximate surface area is 144 Å². The molecular formula is C17H16N2O5S. The Balaban J connectivity index is 2.32. The summed E-state index contributed by atoms with van der Waals surface area (Å²) in [4.78, 5) is 28.8. The lowest BCUT2D eigenvalue weighted by atomic mass is 9.94. The molecule has 8 heteroatoms. The van der Waals surface area contributed by atoms with Crippen LogP contribution in [-0.2, 0) is 9.84 Å². The van der Waals surface area contributed by atoms with Crippen LogP contribution in [0.2, 0.25) is 0 Å². The van der Waals surface area contributed by atoms with Gasteiger partial charge >= 0.3 is 6.09 Å². The molecule has 1 N–H and O–H groups in total. The van der Waals surface area contributed by atoms with E-state index in [2.05, 4.69) is 4.98 Å².